The Balaban J connectivity index is 0.00000280. The van der Waals surface area contributed by atoms with E-state index in [1.54, 1.807) is 14.2 Å². The lowest BCUT2D eigenvalue weighted by atomic mass is 10.1. The number of nitrogens with one attached hydrogen (secondary N) is 1. The second-order valence-corrected chi connectivity index (χ2v) is 7.47. The van der Waals surface area contributed by atoms with Crippen molar-refractivity contribution in [3.8, 4) is 11.5 Å². The van der Waals surface area contributed by atoms with E-state index in [0.29, 0.717) is 24.7 Å². The molecule has 2 aliphatic rings. The smallest absolute Gasteiger partial charge is 0.194 e. The number of morpholine rings is 1. The van der Waals surface area contributed by atoms with E-state index >= 15 is 0 Å². The van der Waals surface area contributed by atoms with Crippen molar-refractivity contribution in [1.29, 1.82) is 0 Å². The Labute approximate surface area is 192 Å². The van der Waals surface area contributed by atoms with Crippen molar-refractivity contribution >= 4 is 45.9 Å². The average molecular weight is 570 g/mol. The fourth-order valence-electron chi connectivity index (χ4n) is 3.58. The summed E-state index contributed by atoms with van der Waals surface area (Å²) >= 11 is 3.54. The first-order chi connectivity index (χ1) is 13.2. The maximum atomic E-state index is 5.94. The standard InChI is InChI=1S/C19H28BrN3O4.HI/c1-21-19(23-6-8-27-17(12-23)15-5-4-7-26-15)22-11-13-9-14(20)18(25-3)16(10-13)24-2;/h9-10,15,17H,4-8,11-12H2,1-3H3,(H,21,22);1H. The summed E-state index contributed by atoms with van der Waals surface area (Å²) in [6, 6.07) is 3.99. The topological polar surface area (TPSA) is 64.6 Å². The molecule has 0 spiro atoms. The fraction of sp³-hybridized carbons (Fsp3) is 0.632. The van der Waals surface area contributed by atoms with Gasteiger partial charge in [-0.2, -0.15) is 0 Å². The van der Waals surface area contributed by atoms with Crippen molar-refractivity contribution in [2.45, 2.75) is 31.6 Å². The zero-order chi connectivity index (χ0) is 19.2. The van der Waals surface area contributed by atoms with Gasteiger partial charge in [-0.3, -0.25) is 4.99 Å². The van der Waals surface area contributed by atoms with Gasteiger partial charge >= 0.3 is 0 Å². The molecule has 0 aromatic heterocycles. The molecule has 0 saturated carbocycles. The van der Waals surface area contributed by atoms with Gasteiger partial charge in [0.25, 0.3) is 0 Å². The Morgan fingerprint density at radius 2 is 2.04 bits per heavy atom. The minimum Gasteiger partial charge on any atom is -0.493 e. The second kappa shape index (κ2) is 11.4. The molecule has 2 atom stereocenters. The maximum absolute atomic E-state index is 5.94. The number of ether oxygens (including phenoxy) is 4. The van der Waals surface area contributed by atoms with Crippen LogP contribution in [0.3, 0.4) is 0 Å². The summed E-state index contributed by atoms with van der Waals surface area (Å²) in [5.41, 5.74) is 1.07. The molecule has 0 aliphatic carbocycles. The quantitative estimate of drug-likeness (QED) is 0.334. The van der Waals surface area contributed by atoms with E-state index in [0.717, 1.165) is 48.5 Å². The minimum atomic E-state index is 0. The van der Waals surface area contributed by atoms with Crippen LogP contribution in [-0.4, -0.2) is 70.6 Å². The number of halogens is 2. The predicted molar refractivity (Wildman–Crippen MR) is 123 cm³/mol. The van der Waals surface area contributed by atoms with Crippen LogP contribution in [0.25, 0.3) is 0 Å². The van der Waals surface area contributed by atoms with Crippen LogP contribution in [0, 0.1) is 0 Å². The minimum absolute atomic E-state index is 0. The first-order valence-electron chi connectivity index (χ1n) is 9.25. The van der Waals surface area contributed by atoms with E-state index in [9.17, 15) is 0 Å². The highest BCUT2D eigenvalue weighted by Gasteiger charge is 2.32. The predicted octanol–water partition coefficient (Wildman–Crippen LogP) is 3.04. The largest absolute Gasteiger partial charge is 0.493 e. The summed E-state index contributed by atoms with van der Waals surface area (Å²) in [5, 5.41) is 3.44. The molecule has 2 unspecified atom stereocenters. The molecule has 2 heterocycles. The lowest BCUT2D eigenvalue weighted by molar-refractivity contribution is -0.0817. The zero-order valence-electron chi connectivity index (χ0n) is 16.6. The van der Waals surface area contributed by atoms with Gasteiger partial charge in [0.1, 0.15) is 6.10 Å². The van der Waals surface area contributed by atoms with Crippen molar-refractivity contribution in [2.24, 2.45) is 4.99 Å². The van der Waals surface area contributed by atoms with Crippen LogP contribution in [-0.2, 0) is 16.0 Å². The number of hydrogen-bond donors (Lipinski definition) is 1. The van der Waals surface area contributed by atoms with Gasteiger partial charge < -0.3 is 29.2 Å². The SMILES string of the molecule is CN=C(NCc1cc(Br)c(OC)c(OC)c1)N1CCOC(C2CCCO2)C1.I. The second-order valence-electron chi connectivity index (χ2n) is 6.62. The van der Waals surface area contributed by atoms with Crippen LogP contribution in [0.15, 0.2) is 21.6 Å². The van der Waals surface area contributed by atoms with Crippen LogP contribution in [0.4, 0.5) is 0 Å². The average Bonchev–Trinajstić information content (AvgIpc) is 3.23. The van der Waals surface area contributed by atoms with Gasteiger partial charge in [0.2, 0.25) is 0 Å². The highest BCUT2D eigenvalue weighted by atomic mass is 127. The van der Waals surface area contributed by atoms with Gasteiger partial charge in [0.15, 0.2) is 17.5 Å². The Bertz CT molecular complexity index is 671. The van der Waals surface area contributed by atoms with Crippen molar-refractivity contribution in [3.63, 3.8) is 0 Å². The van der Waals surface area contributed by atoms with Gasteiger partial charge in [-0.05, 0) is 46.5 Å². The third kappa shape index (κ3) is 5.64. The Hall–Kier alpha value is -0.780. The van der Waals surface area contributed by atoms with E-state index in [2.05, 4.69) is 31.1 Å². The van der Waals surface area contributed by atoms with E-state index < -0.39 is 0 Å². The Morgan fingerprint density at radius 3 is 2.68 bits per heavy atom. The fourth-order valence-corrected chi connectivity index (χ4v) is 4.23. The van der Waals surface area contributed by atoms with Crippen molar-refractivity contribution in [2.75, 3.05) is 47.6 Å². The number of methoxy groups -OCH3 is 2. The molecule has 1 N–H and O–H groups in total. The van der Waals surface area contributed by atoms with Crippen molar-refractivity contribution < 1.29 is 18.9 Å². The molecule has 7 nitrogen and oxygen atoms in total. The Morgan fingerprint density at radius 1 is 1.25 bits per heavy atom. The molecule has 1 aromatic rings. The third-order valence-electron chi connectivity index (χ3n) is 4.93. The highest BCUT2D eigenvalue weighted by molar-refractivity contribution is 14.0. The molecule has 0 bridgehead atoms. The third-order valence-corrected chi connectivity index (χ3v) is 5.52. The van der Waals surface area contributed by atoms with E-state index in [1.807, 2.05) is 19.2 Å². The normalized spacial score (nSPS) is 22.6. The zero-order valence-corrected chi connectivity index (χ0v) is 20.5. The molecule has 0 amide bonds. The van der Waals surface area contributed by atoms with E-state index in [-0.39, 0.29) is 36.2 Å². The first-order valence-corrected chi connectivity index (χ1v) is 10.0. The molecule has 28 heavy (non-hydrogen) atoms. The van der Waals surface area contributed by atoms with Crippen molar-refractivity contribution in [3.05, 3.63) is 22.2 Å². The number of rotatable bonds is 5. The summed E-state index contributed by atoms with van der Waals surface area (Å²) in [7, 11) is 5.08. The van der Waals surface area contributed by atoms with Gasteiger partial charge in [-0.25, -0.2) is 0 Å². The van der Waals surface area contributed by atoms with Gasteiger partial charge in [0, 0.05) is 33.3 Å². The molecule has 0 radical (unpaired) electrons. The molecule has 3 rings (SSSR count). The van der Waals surface area contributed by atoms with Crippen LogP contribution in [0.5, 0.6) is 11.5 Å². The lowest BCUT2D eigenvalue weighted by Gasteiger charge is -2.37. The summed E-state index contributed by atoms with van der Waals surface area (Å²) in [6.45, 7) is 3.77. The van der Waals surface area contributed by atoms with Crippen LogP contribution in [0.2, 0.25) is 0 Å². The molecule has 158 valence electrons. The number of guanidine groups is 1. The molecule has 9 heteroatoms. The van der Waals surface area contributed by atoms with Crippen LogP contribution >= 0.6 is 39.9 Å². The van der Waals surface area contributed by atoms with Gasteiger partial charge in [0.05, 0.1) is 31.4 Å². The van der Waals surface area contributed by atoms with E-state index in [1.165, 1.54) is 0 Å². The van der Waals surface area contributed by atoms with Gasteiger partial charge in [-0.1, -0.05) is 0 Å². The number of aliphatic imine (C=N–C) groups is 1. The molecular weight excluding hydrogens is 541 g/mol. The maximum Gasteiger partial charge on any atom is 0.194 e. The Kier molecular flexibility index (Phi) is 9.58. The van der Waals surface area contributed by atoms with Crippen molar-refractivity contribution in [1.82, 2.24) is 10.2 Å². The molecule has 2 aliphatic heterocycles. The summed E-state index contributed by atoms with van der Waals surface area (Å²) in [6.07, 6.45) is 2.50. The van der Waals surface area contributed by atoms with Gasteiger partial charge in [-0.15, -0.1) is 24.0 Å². The van der Waals surface area contributed by atoms with E-state index in [4.69, 9.17) is 18.9 Å². The van der Waals surface area contributed by atoms with Crippen LogP contribution < -0.4 is 14.8 Å². The summed E-state index contributed by atoms with van der Waals surface area (Å²) in [5.74, 6) is 2.26. The van der Waals surface area contributed by atoms with Crippen LogP contribution in [0.1, 0.15) is 18.4 Å². The molecule has 2 fully saturated rings. The summed E-state index contributed by atoms with van der Waals surface area (Å²) < 4.78 is 23.4. The number of benzene rings is 1. The molecular formula is C19H29BrIN3O4. The number of nitrogens with zero attached hydrogens (tertiary/aromatic N) is 2. The number of hydrogen-bond acceptors (Lipinski definition) is 5. The molecule has 2 saturated heterocycles. The summed E-state index contributed by atoms with van der Waals surface area (Å²) in [4.78, 5) is 6.70. The monoisotopic (exact) mass is 569 g/mol. The molecule has 1 aromatic carbocycles. The first kappa shape index (κ1) is 23.5. The highest BCUT2D eigenvalue weighted by Crippen LogP contribution is 2.36. The lowest BCUT2D eigenvalue weighted by Crippen LogP contribution is -2.53.